The highest BCUT2D eigenvalue weighted by atomic mass is 19.1. The average Bonchev–Trinajstić information content (AvgIpc) is 2.74. The lowest BCUT2D eigenvalue weighted by Crippen LogP contribution is -2.33. The van der Waals surface area contributed by atoms with Crippen LogP contribution in [0.5, 0.6) is 0 Å². The maximum atomic E-state index is 13.1. The maximum Gasteiger partial charge on any atom is 0.339 e. The topological polar surface area (TPSA) is 51.2 Å². The Morgan fingerprint density at radius 3 is 2.61 bits per heavy atom. The van der Waals surface area contributed by atoms with Crippen LogP contribution in [-0.4, -0.2) is 23.7 Å². The van der Waals surface area contributed by atoms with Crippen molar-refractivity contribution in [1.82, 2.24) is 10.3 Å². The summed E-state index contributed by atoms with van der Waals surface area (Å²) in [7, 11) is 0. The zero-order valence-electron chi connectivity index (χ0n) is 15.7. The second kappa shape index (κ2) is 8.48. The number of fused-ring (bicyclic) bond motifs is 1. The van der Waals surface area contributed by atoms with E-state index in [1.807, 2.05) is 18.2 Å². The minimum absolute atomic E-state index is 0.239. The monoisotopic (exact) mass is 378 g/mol. The molecule has 1 aliphatic carbocycles. The Morgan fingerprint density at radius 1 is 1.04 bits per heavy atom. The highest BCUT2D eigenvalue weighted by molar-refractivity contribution is 5.94. The van der Waals surface area contributed by atoms with E-state index in [4.69, 9.17) is 4.74 Å². The van der Waals surface area contributed by atoms with Crippen molar-refractivity contribution in [3.63, 3.8) is 0 Å². The third kappa shape index (κ3) is 4.37. The van der Waals surface area contributed by atoms with Crippen LogP contribution < -0.4 is 5.32 Å². The first-order chi connectivity index (χ1) is 13.7. The van der Waals surface area contributed by atoms with Gasteiger partial charge in [0.1, 0.15) is 12.5 Å². The van der Waals surface area contributed by atoms with Gasteiger partial charge in [-0.05, 0) is 61.4 Å². The van der Waals surface area contributed by atoms with Gasteiger partial charge in [0, 0.05) is 17.0 Å². The van der Waals surface area contributed by atoms with Crippen molar-refractivity contribution in [3.8, 4) is 11.3 Å². The zero-order valence-corrected chi connectivity index (χ0v) is 15.7. The van der Waals surface area contributed by atoms with E-state index in [1.54, 1.807) is 24.3 Å². The van der Waals surface area contributed by atoms with Crippen molar-refractivity contribution >= 4 is 16.9 Å². The summed E-state index contributed by atoms with van der Waals surface area (Å²) in [5.74, 6) is -0.613. The molecule has 1 saturated carbocycles. The van der Waals surface area contributed by atoms with Crippen LogP contribution in [0.4, 0.5) is 4.39 Å². The molecule has 1 N–H and O–H groups in total. The maximum absolute atomic E-state index is 13.1. The second-order valence-corrected chi connectivity index (χ2v) is 7.23. The molecule has 0 atom stereocenters. The first kappa shape index (κ1) is 18.6. The molecule has 4 nitrogen and oxygen atoms in total. The Balaban J connectivity index is 1.43. The summed E-state index contributed by atoms with van der Waals surface area (Å²) < 4.78 is 18.5. The largest absolute Gasteiger partial charge is 0.446 e. The van der Waals surface area contributed by atoms with E-state index in [0.717, 1.165) is 35.0 Å². The average molecular weight is 378 g/mol. The normalized spacial score (nSPS) is 14.9. The standard InChI is InChI=1S/C23H23FN2O2/c24-19-10-6-16(7-11-19)21-12-8-17-14-18(9-13-22(17)26-21)23(27)28-15-25-20-4-2-1-3-5-20/h6-14,20,25H,1-5,15H2. The number of rotatable bonds is 5. The molecule has 0 unspecified atom stereocenters. The summed E-state index contributed by atoms with van der Waals surface area (Å²) in [5, 5.41) is 4.17. The molecule has 0 spiro atoms. The van der Waals surface area contributed by atoms with Crippen LogP contribution in [0.25, 0.3) is 22.2 Å². The first-order valence-corrected chi connectivity index (χ1v) is 9.76. The molecule has 0 radical (unpaired) electrons. The van der Waals surface area contributed by atoms with E-state index in [0.29, 0.717) is 11.6 Å². The van der Waals surface area contributed by atoms with Gasteiger partial charge < -0.3 is 4.74 Å². The molecule has 1 heterocycles. The minimum Gasteiger partial charge on any atom is -0.446 e. The smallest absolute Gasteiger partial charge is 0.339 e. The van der Waals surface area contributed by atoms with Gasteiger partial charge in [-0.2, -0.15) is 0 Å². The minimum atomic E-state index is -0.340. The second-order valence-electron chi connectivity index (χ2n) is 7.23. The van der Waals surface area contributed by atoms with Crippen LogP contribution >= 0.6 is 0 Å². The van der Waals surface area contributed by atoms with E-state index in [1.165, 1.54) is 31.4 Å². The molecule has 3 aromatic rings. The first-order valence-electron chi connectivity index (χ1n) is 9.76. The number of carbonyl (C=O) groups excluding carboxylic acids is 1. The van der Waals surface area contributed by atoms with Crippen LogP contribution in [0.15, 0.2) is 54.6 Å². The Morgan fingerprint density at radius 2 is 1.82 bits per heavy atom. The van der Waals surface area contributed by atoms with E-state index < -0.39 is 0 Å². The molecule has 1 aliphatic rings. The molecule has 144 valence electrons. The Bertz CT molecular complexity index is 966. The van der Waals surface area contributed by atoms with Crippen molar-refractivity contribution in [2.45, 2.75) is 38.1 Å². The van der Waals surface area contributed by atoms with Gasteiger partial charge in [-0.3, -0.25) is 5.32 Å². The number of halogens is 1. The molecule has 0 bridgehead atoms. The highest BCUT2D eigenvalue weighted by Crippen LogP contribution is 2.22. The molecule has 5 heteroatoms. The van der Waals surface area contributed by atoms with Gasteiger partial charge in [-0.25, -0.2) is 14.2 Å². The molecule has 1 fully saturated rings. The number of hydrogen-bond acceptors (Lipinski definition) is 4. The third-order valence-corrected chi connectivity index (χ3v) is 5.25. The summed E-state index contributed by atoms with van der Waals surface area (Å²) in [6.45, 7) is 0.239. The van der Waals surface area contributed by atoms with E-state index in [-0.39, 0.29) is 18.5 Å². The molecule has 0 saturated heterocycles. The van der Waals surface area contributed by atoms with Gasteiger partial charge in [-0.1, -0.05) is 25.3 Å². The molecule has 28 heavy (non-hydrogen) atoms. The lowest BCUT2D eigenvalue weighted by atomic mass is 9.96. The number of ether oxygens (including phenoxy) is 1. The highest BCUT2D eigenvalue weighted by Gasteiger charge is 2.14. The summed E-state index contributed by atoms with van der Waals surface area (Å²) in [5.41, 5.74) is 2.90. The van der Waals surface area contributed by atoms with Gasteiger partial charge in [0.2, 0.25) is 0 Å². The fourth-order valence-electron chi connectivity index (χ4n) is 3.65. The number of carbonyl (C=O) groups is 1. The number of nitrogens with zero attached hydrogens (tertiary/aromatic N) is 1. The number of pyridine rings is 1. The van der Waals surface area contributed by atoms with Crippen LogP contribution in [0.3, 0.4) is 0 Å². The molecule has 0 amide bonds. The van der Waals surface area contributed by atoms with Crippen molar-refractivity contribution in [2.24, 2.45) is 0 Å². The summed E-state index contributed by atoms with van der Waals surface area (Å²) in [4.78, 5) is 16.9. The predicted octanol–water partition coefficient (Wildman–Crippen LogP) is 5.08. The van der Waals surface area contributed by atoms with E-state index in [2.05, 4.69) is 10.3 Å². The van der Waals surface area contributed by atoms with Gasteiger partial charge in [0.25, 0.3) is 0 Å². The number of benzene rings is 2. The van der Waals surface area contributed by atoms with Gasteiger partial charge in [-0.15, -0.1) is 0 Å². The molecule has 4 rings (SSSR count). The predicted molar refractivity (Wildman–Crippen MR) is 107 cm³/mol. The Labute approximate surface area is 163 Å². The van der Waals surface area contributed by atoms with Gasteiger partial charge in [0.15, 0.2) is 0 Å². The fourth-order valence-corrected chi connectivity index (χ4v) is 3.65. The van der Waals surface area contributed by atoms with E-state index in [9.17, 15) is 9.18 Å². The van der Waals surface area contributed by atoms with E-state index >= 15 is 0 Å². The van der Waals surface area contributed by atoms with Crippen LogP contribution in [0.2, 0.25) is 0 Å². The third-order valence-electron chi connectivity index (χ3n) is 5.25. The number of hydrogen-bond donors (Lipinski definition) is 1. The Kier molecular flexibility index (Phi) is 5.63. The van der Waals surface area contributed by atoms with Crippen molar-refractivity contribution in [3.05, 3.63) is 66.0 Å². The fraction of sp³-hybridized carbons (Fsp3) is 0.304. The number of nitrogens with one attached hydrogen (secondary N) is 1. The molecule has 0 aliphatic heterocycles. The number of aromatic nitrogens is 1. The van der Waals surface area contributed by atoms with Crippen LogP contribution in [-0.2, 0) is 4.74 Å². The lowest BCUT2D eigenvalue weighted by Gasteiger charge is -2.22. The van der Waals surface area contributed by atoms with Crippen molar-refractivity contribution in [2.75, 3.05) is 6.73 Å². The Hall–Kier alpha value is -2.79. The van der Waals surface area contributed by atoms with Crippen LogP contribution in [0.1, 0.15) is 42.5 Å². The quantitative estimate of drug-likeness (QED) is 0.497. The SMILES string of the molecule is O=C(OCNC1CCCCC1)c1ccc2nc(-c3ccc(F)cc3)ccc2c1. The van der Waals surface area contributed by atoms with Gasteiger partial charge >= 0.3 is 5.97 Å². The molecule has 2 aromatic carbocycles. The van der Waals surface area contributed by atoms with Crippen molar-refractivity contribution in [1.29, 1.82) is 0 Å². The summed E-state index contributed by atoms with van der Waals surface area (Å²) in [6, 6.07) is 15.8. The summed E-state index contributed by atoms with van der Waals surface area (Å²) in [6.07, 6.45) is 6.07. The molecular weight excluding hydrogens is 355 g/mol. The molecule has 1 aromatic heterocycles. The molecular formula is C23H23FN2O2. The lowest BCUT2D eigenvalue weighted by molar-refractivity contribution is 0.0450. The van der Waals surface area contributed by atoms with Crippen molar-refractivity contribution < 1.29 is 13.9 Å². The summed E-state index contributed by atoms with van der Waals surface area (Å²) >= 11 is 0. The van der Waals surface area contributed by atoms with Crippen LogP contribution in [0, 0.1) is 5.82 Å². The number of esters is 1. The van der Waals surface area contributed by atoms with Gasteiger partial charge in [0.05, 0.1) is 16.8 Å². The zero-order chi connectivity index (χ0) is 19.3.